The highest BCUT2D eigenvalue weighted by Crippen LogP contribution is 2.33. The van der Waals surface area contributed by atoms with Crippen LogP contribution in [0.4, 0.5) is 18.9 Å². The Bertz CT molecular complexity index is 1580. The van der Waals surface area contributed by atoms with Crippen LogP contribution in [0.25, 0.3) is 0 Å². The Balaban J connectivity index is 1.96. The van der Waals surface area contributed by atoms with E-state index in [1.165, 1.54) is 11.0 Å². The van der Waals surface area contributed by atoms with Gasteiger partial charge in [0.1, 0.15) is 6.04 Å². The molecule has 2 amide bonds. The fourth-order valence-electron chi connectivity index (χ4n) is 4.70. The summed E-state index contributed by atoms with van der Waals surface area (Å²) in [7, 11) is -4.01. The van der Waals surface area contributed by atoms with Gasteiger partial charge in [0.05, 0.1) is 17.5 Å². The first kappa shape index (κ1) is 36.2. The first-order chi connectivity index (χ1) is 20.9. The van der Waals surface area contributed by atoms with Crippen LogP contribution in [0.5, 0.6) is 0 Å². The van der Waals surface area contributed by atoms with Gasteiger partial charge in [-0.2, -0.15) is 13.2 Å². The van der Waals surface area contributed by atoms with Crippen molar-refractivity contribution in [3.63, 3.8) is 0 Å². The van der Waals surface area contributed by atoms with Crippen LogP contribution in [0.2, 0.25) is 10.0 Å². The highest BCUT2D eigenvalue weighted by atomic mass is 35.5. The first-order valence-corrected chi connectivity index (χ1v) is 16.7. The van der Waals surface area contributed by atoms with Crippen molar-refractivity contribution in [3.05, 3.63) is 99.5 Å². The number of benzene rings is 3. The van der Waals surface area contributed by atoms with Gasteiger partial charge in [0.25, 0.3) is 0 Å². The first-order valence-electron chi connectivity index (χ1n) is 14.1. The minimum atomic E-state index is -4.67. The number of sulfonamides is 1. The lowest BCUT2D eigenvalue weighted by atomic mass is 10.00. The molecule has 0 radical (unpaired) electrons. The number of carbonyl (C=O) groups is 2. The van der Waals surface area contributed by atoms with Crippen molar-refractivity contribution in [2.45, 2.75) is 64.3 Å². The van der Waals surface area contributed by atoms with Crippen molar-refractivity contribution in [2.75, 3.05) is 17.1 Å². The molecule has 0 heterocycles. The van der Waals surface area contributed by atoms with Gasteiger partial charge in [-0.1, -0.05) is 65.7 Å². The Morgan fingerprint density at radius 2 is 1.51 bits per heavy atom. The average Bonchev–Trinajstić information content (AvgIpc) is 2.92. The molecule has 7 nitrogen and oxygen atoms in total. The predicted molar refractivity (Wildman–Crippen MR) is 172 cm³/mol. The summed E-state index contributed by atoms with van der Waals surface area (Å²) in [4.78, 5) is 29.1. The standard InChI is InChI=1S/C32H36Cl2F3N3O4S/c1-31(2,3)38-30(42)28(19-22-11-6-5-7-12-22)39(21-25-26(33)15-9-16-27(25)34)29(41)17-10-18-40(45(4,43)44)24-14-8-13-23(20-24)32(35,36)37/h5-9,11-16,20,28H,10,17-19,21H2,1-4H3,(H,38,42)/t28-/m0/s1. The Morgan fingerprint density at radius 3 is 2.07 bits per heavy atom. The Labute approximate surface area is 272 Å². The number of alkyl halides is 3. The smallest absolute Gasteiger partial charge is 0.350 e. The number of hydrogen-bond donors (Lipinski definition) is 1. The summed E-state index contributed by atoms with van der Waals surface area (Å²) in [6.07, 6.45) is -3.89. The topological polar surface area (TPSA) is 86.8 Å². The maximum absolute atomic E-state index is 14.0. The predicted octanol–water partition coefficient (Wildman–Crippen LogP) is 7.11. The van der Waals surface area contributed by atoms with E-state index >= 15 is 0 Å². The Morgan fingerprint density at radius 1 is 0.911 bits per heavy atom. The molecule has 45 heavy (non-hydrogen) atoms. The molecule has 244 valence electrons. The molecule has 0 spiro atoms. The Hall–Kier alpha value is -3.28. The molecule has 0 unspecified atom stereocenters. The number of carbonyl (C=O) groups excluding carboxylic acids is 2. The van der Waals surface area contributed by atoms with Crippen molar-refractivity contribution in [2.24, 2.45) is 0 Å². The summed E-state index contributed by atoms with van der Waals surface area (Å²) in [5.74, 6) is -0.905. The van der Waals surface area contributed by atoms with Gasteiger partial charge in [-0.05, 0) is 63.1 Å². The summed E-state index contributed by atoms with van der Waals surface area (Å²) in [6.45, 7) is 5.05. The molecular formula is C32H36Cl2F3N3O4S. The lowest BCUT2D eigenvalue weighted by Gasteiger charge is -2.34. The van der Waals surface area contributed by atoms with Gasteiger partial charge in [-0.3, -0.25) is 13.9 Å². The van der Waals surface area contributed by atoms with E-state index in [1.54, 1.807) is 18.2 Å². The molecule has 0 aliphatic rings. The normalized spacial score (nSPS) is 12.8. The maximum atomic E-state index is 14.0. The third-order valence-corrected chi connectivity index (χ3v) is 8.68. The van der Waals surface area contributed by atoms with Crippen molar-refractivity contribution >= 4 is 50.7 Å². The van der Waals surface area contributed by atoms with Gasteiger partial charge >= 0.3 is 6.18 Å². The molecule has 1 N–H and O–H groups in total. The monoisotopic (exact) mass is 685 g/mol. The van der Waals surface area contributed by atoms with Crippen molar-refractivity contribution < 1.29 is 31.2 Å². The molecule has 0 aromatic heterocycles. The van der Waals surface area contributed by atoms with Gasteiger partial charge in [-0.25, -0.2) is 8.42 Å². The number of anilines is 1. The molecule has 0 fully saturated rings. The fourth-order valence-corrected chi connectivity index (χ4v) is 6.18. The summed E-state index contributed by atoms with van der Waals surface area (Å²) in [6, 6.07) is 17.0. The van der Waals surface area contributed by atoms with E-state index in [0.717, 1.165) is 34.3 Å². The number of hydrogen-bond acceptors (Lipinski definition) is 4. The van der Waals surface area contributed by atoms with Crippen molar-refractivity contribution in [1.29, 1.82) is 0 Å². The molecule has 0 aliphatic carbocycles. The van der Waals surface area contributed by atoms with E-state index in [0.29, 0.717) is 15.6 Å². The van der Waals surface area contributed by atoms with E-state index in [1.807, 2.05) is 51.1 Å². The molecule has 1 atom stereocenters. The average molecular weight is 687 g/mol. The number of halogens is 5. The SMILES string of the molecule is CC(C)(C)NC(=O)[C@H](Cc1ccccc1)N(Cc1c(Cl)cccc1Cl)C(=O)CCCN(c1cccc(C(F)(F)F)c1)S(C)(=O)=O. The van der Waals surface area contributed by atoms with E-state index in [9.17, 15) is 31.2 Å². The van der Waals surface area contributed by atoms with Crippen LogP contribution in [0.3, 0.4) is 0 Å². The highest BCUT2D eigenvalue weighted by Gasteiger charge is 2.34. The second-order valence-corrected chi connectivity index (χ2v) is 14.4. The summed E-state index contributed by atoms with van der Waals surface area (Å²) in [5.41, 5.74) is -0.573. The van der Waals surface area contributed by atoms with Crippen LogP contribution >= 0.6 is 23.2 Å². The molecule has 0 bridgehead atoms. The maximum Gasteiger partial charge on any atom is 0.416 e. The van der Waals surface area contributed by atoms with E-state index in [-0.39, 0.29) is 38.0 Å². The van der Waals surface area contributed by atoms with Crippen LogP contribution < -0.4 is 9.62 Å². The minimum Gasteiger partial charge on any atom is -0.350 e. The molecule has 0 saturated carbocycles. The van der Waals surface area contributed by atoms with Crippen LogP contribution in [0.15, 0.2) is 72.8 Å². The zero-order valence-electron chi connectivity index (χ0n) is 25.4. The fraction of sp³-hybridized carbons (Fsp3) is 0.375. The van der Waals surface area contributed by atoms with Gasteiger partial charge in [0.15, 0.2) is 0 Å². The van der Waals surface area contributed by atoms with Crippen LogP contribution in [-0.4, -0.2) is 49.5 Å². The van der Waals surface area contributed by atoms with Gasteiger partial charge in [0, 0.05) is 47.1 Å². The number of nitrogens with one attached hydrogen (secondary N) is 1. The van der Waals surface area contributed by atoms with E-state index in [4.69, 9.17) is 23.2 Å². The number of nitrogens with zero attached hydrogens (tertiary/aromatic N) is 2. The second kappa shape index (κ2) is 14.9. The summed E-state index contributed by atoms with van der Waals surface area (Å²) >= 11 is 12.9. The zero-order valence-corrected chi connectivity index (χ0v) is 27.7. The quantitative estimate of drug-likeness (QED) is 0.220. The second-order valence-electron chi connectivity index (χ2n) is 11.7. The van der Waals surface area contributed by atoms with Crippen molar-refractivity contribution in [3.8, 4) is 0 Å². The van der Waals surface area contributed by atoms with Crippen LogP contribution in [-0.2, 0) is 38.8 Å². The third-order valence-electron chi connectivity index (χ3n) is 6.77. The lowest BCUT2D eigenvalue weighted by Crippen LogP contribution is -2.54. The number of amides is 2. The minimum absolute atomic E-state index is 0.0478. The zero-order chi connectivity index (χ0) is 33.6. The molecule has 0 aliphatic heterocycles. The number of rotatable bonds is 12. The molecule has 0 saturated heterocycles. The van der Waals surface area contributed by atoms with E-state index in [2.05, 4.69) is 5.32 Å². The molecule has 3 rings (SSSR count). The van der Waals surface area contributed by atoms with Crippen LogP contribution in [0, 0.1) is 0 Å². The largest absolute Gasteiger partial charge is 0.416 e. The Kier molecular flexibility index (Phi) is 12.0. The van der Waals surface area contributed by atoms with E-state index < -0.39 is 45.2 Å². The molecule has 3 aromatic carbocycles. The van der Waals surface area contributed by atoms with Gasteiger partial charge < -0.3 is 10.2 Å². The van der Waals surface area contributed by atoms with Gasteiger partial charge in [0.2, 0.25) is 21.8 Å². The summed E-state index contributed by atoms with van der Waals surface area (Å²) < 4.78 is 66.1. The van der Waals surface area contributed by atoms with Gasteiger partial charge in [-0.15, -0.1) is 0 Å². The highest BCUT2D eigenvalue weighted by molar-refractivity contribution is 7.92. The molecule has 13 heteroatoms. The third kappa shape index (κ3) is 10.6. The molecule has 3 aromatic rings. The lowest BCUT2D eigenvalue weighted by molar-refractivity contribution is -0.142. The molecular weight excluding hydrogens is 650 g/mol. The van der Waals surface area contributed by atoms with Crippen LogP contribution in [0.1, 0.15) is 50.3 Å². The summed E-state index contributed by atoms with van der Waals surface area (Å²) in [5, 5.41) is 3.53. The van der Waals surface area contributed by atoms with Crippen molar-refractivity contribution in [1.82, 2.24) is 10.2 Å².